The standard InChI is InChI=1S/C10H13NO3.C4H4O4/c1-3-13-10-8-7(5-14-10)4-11-6(2)9(8)12;5-3(6)1-2-4(7)8/h4,10,12H,3,5H2,1-2H3;1-2H,(H,5,6)(H,7,8). The minimum atomic E-state index is -1.51. The first kappa shape index (κ1) is 17.6. The average molecular weight is 311 g/mol. The molecular weight excluding hydrogens is 294 g/mol. The Balaban J connectivity index is 0.000000261. The van der Waals surface area contributed by atoms with E-state index in [0.29, 0.717) is 25.4 Å². The van der Waals surface area contributed by atoms with Crippen molar-refractivity contribution in [3.05, 3.63) is 35.2 Å². The van der Waals surface area contributed by atoms with E-state index < -0.39 is 18.2 Å². The zero-order chi connectivity index (χ0) is 16.7. The van der Waals surface area contributed by atoms with Crippen LogP contribution in [0.2, 0.25) is 0 Å². The molecule has 8 heteroatoms. The van der Waals surface area contributed by atoms with Crippen molar-refractivity contribution in [2.24, 2.45) is 0 Å². The number of rotatable bonds is 4. The van der Waals surface area contributed by atoms with Crippen molar-refractivity contribution in [2.45, 2.75) is 26.7 Å². The lowest BCUT2D eigenvalue weighted by atomic mass is 10.1. The van der Waals surface area contributed by atoms with Gasteiger partial charge in [-0.15, -0.1) is 0 Å². The van der Waals surface area contributed by atoms with Gasteiger partial charge >= 0.3 is 5.97 Å². The first-order valence-electron chi connectivity index (χ1n) is 6.45. The third-order valence-electron chi connectivity index (χ3n) is 2.73. The first-order chi connectivity index (χ1) is 10.4. The molecular formula is C14H17NO7. The third-order valence-corrected chi connectivity index (χ3v) is 2.73. The maximum Gasteiger partial charge on any atom is 0.328 e. The van der Waals surface area contributed by atoms with E-state index >= 15 is 0 Å². The van der Waals surface area contributed by atoms with E-state index in [1.807, 2.05) is 20.0 Å². The summed E-state index contributed by atoms with van der Waals surface area (Å²) in [5.41, 5.74) is 2.47. The second-order valence-electron chi connectivity index (χ2n) is 4.29. The topological polar surface area (TPSA) is 130 Å². The molecule has 2 rings (SSSR count). The van der Waals surface area contributed by atoms with Gasteiger partial charge in [-0.3, -0.25) is 0 Å². The molecule has 0 bridgehead atoms. The fourth-order valence-electron chi connectivity index (χ4n) is 1.75. The van der Waals surface area contributed by atoms with E-state index in [9.17, 15) is 19.8 Å². The van der Waals surface area contributed by atoms with Crippen molar-refractivity contribution in [1.82, 2.24) is 0 Å². The number of aromatic nitrogens is 1. The normalized spacial score (nSPS) is 16.0. The number of carbonyl (C=O) groups excluding carboxylic acids is 1. The Labute approximate surface area is 126 Å². The molecule has 1 aromatic heterocycles. The van der Waals surface area contributed by atoms with Crippen molar-refractivity contribution in [1.29, 1.82) is 0 Å². The molecule has 0 aromatic carbocycles. The molecule has 1 aliphatic heterocycles. The molecule has 3 N–H and O–H groups in total. The molecule has 0 saturated carbocycles. The van der Waals surface area contributed by atoms with Gasteiger partial charge in [-0.2, -0.15) is 0 Å². The van der Waals surface area contributed by atoms with Gasteiger partial charge in [0.05, 0.1) is 23.7 Å². The van der Waals surface area contributed by atoms with Crippen LogP contribution in [0, 0.1) is 6.92 Å². The lowest BCUT2D eigenvalue weighted by Gasteiger charge is -2.11. The number of aromatic amines is 1. The van der Waals surface area contributed by atoms with Gasteiger partial charge in [-0.1, -0.05) is 0 Å². The summed E-state index contributed by atoms with van der Waals surface area (Å²) in [6.07, 6.45) is 2.38. The molecule has 1 aliphatic rings. The van der Waals surface area contributed by atoms with Crippen LogP contribution in [-0.2, 0) is 25.7 Å². The summed E-state index contributed by atoms with van der Waals surface area (Å²) in [4.78, 5) is 21.9. The number of H-pyrrole nitrogens is 1. The van der Waals surface area contributed by atoms with Crippen LogP contribution in [0.4, 0.5) is 0 Å². The summed E-state index contributed by atoms with van der Waals surface area (Å²) >= 11 is 0. The highest BCUT2D eigenvalue weighted by molar-refractivity contribution is 5.88. The van der Waals surface area contributed by atoms with Crippen molar-refractivity contribution in [3.63, 3.8) is 0 Å². The van der Waals surface area contributed by atoms with Gasteiger partial charge < -0.3 is 29.6 Å². The number of fused-ring (bicyclic) bond motifs is 1. The summed E-state index contributed by atoms with van der Waals surface area (Å²) in [6.45, 7) is 4.78. The van der Waals surface area contributed by atoms with Gasteiger partial charge in [0.2, 0.25) is 5.69 Å². The van der Waals surface area contributed by atoms with Crippen LogP contribution in [0.25, 0.3) is 0 Å². The number of hydrogen-bond donors (Lipinski definition) is 2. The molecule has 0 aliphatic carbocycles. The van der Waals surface area contributed by atoms with E-state index in [0.717, 1.165) is 16.8 Å². The maximum atomic E-state index is 9.82. The number of aryl methyl sites for hydroxylation is 1. The molecule has 1 unspecified atom stereocenters. The summed E-state index contributed by atoms with van der Waals surface area (Å²) in [5.74, 6) is -2.56. The lowest BCUT2D eigenvalue weighted by Crippen LogP contribution is -2.19. The Bertz CT molecular complexity index is 565. The molecule has 0 fully saturated rings. The largest absolute Gasteiger partial charge is 0.545 e. The lowest BCUT2D eigenvalue weighted by molar-refractivity contribution is -0.389. The fourth-order valence-corrected chi connectivity index (χ4v) is 1.75. The van der Waals surface area contributed by atoms with Crippen LogP contribution in [-0.4, -0.2) is 28.8 Å². The molecule has 0 amide bonds. The predicted molar refractivity (Wildman–Crippen MR) is 70.3 cm³/mol. The zero-order valence-corrected chi connectivity index (χ0v) is 12.2. The van der Waals surface area contributed by atoms with E-state index in [4.69, 9.17) is 14.6 Å². The van der Waals surface area contributed by atoms with Gasteiger partial charge in [-0.05, 0) is 13.0 Å². The maximum absolute atomic E-state index is 9.82. The van der Waals surface area contributed by atoms with Crippen LogP contribution >= 0.6 is 0 Å². The van der Waals surface area contributed by atoms with Gasteiger partial charge in [0.1, 0.15) is 0 Å². The van der Waals surface area contributed by atoms with Gasteiger partial charge in [0.15, 0.2) is 18.2 Å². The fraction of sp³-hybridized carbons (Fsp3) is 0.357. The molecule has 0 spiro atoms. The summed E-state index contributed by atoms with van der Waals surface area (Å²) < 4.78 is 10.8. The predicted octanol–water partition coefficient (Wildman–Crippen LogP) is -0.543. The number of pyridine rings is 1. The smallest absolute Gasteiger partial charge is 0.328 e. The third kappa shape index (κ3) is 4.83. The Morgan fingerprint density at radius 1 is 1.55 bits per heavy atom. The summed E-state index contributed by atoms with van der Waals surface area (Å²) in [5, 5.41) is 27.1. The second kappa shape index (κ2) is 8.11. The molecule has 2 heterocycles. The number of aliphatic carboxylic acids is 2. The number of aromatic hydroxyl groups is 1. The summed E-state index contributed by atoms with van der Waals surface area (Å²) in [7, 11) is 0. The second-order valence-corrected chi connectivity index (χ2v) is 4.29. The zero-order valence-electron chi connectivity index (χ0n) is 12.2. The van der Waals surface area contributed by atoms with Crippen LogP contribution in [0.15, 0.2) is 18.3 Å². The molecule has 120 valence electrons. The molecule has 0 radical (unpaired) electrons. The summed E-state index contributed by atoms with van der Waals surface area (Å²) in [6, 6.07) is 0. The molecule has 1 atom stereocenters. The number of carboxylic acids is 2. The van der Waals surface area contributed by atoms with Gasteiger partial charge in [-0.25, -0.2) is 9.78 Å². The number of nitrogens with one attached hydrogen (secondary N) is 1. The SMILES string of the molecule is CCOC1OCc2c[nH+]c(C)c(O)c21.O=C([O-])C=CC(=O)O. The Kier molecular flexibility index (Phi) is 6.48. The van der Waals surface area contributed by atoms with Crippen molar-refractivity contribution >= 4 is 11.9 Å². The van der Waals surface area contributed by atoms with E-state index in [2.05, 4.69) is 4.98 Å². The van der Waals surface area contributed by atoms with E-state index in [-0.39, 0.29) is 5.75 Å². The van der Waals surface area contributed by atoms with Crippen LogP contribution in [0.3, 0.4) is 0 Å². The monoisotopic (exact) mass is 311 g/mol. The van der Waals surface area contributed by atoms with E-state index in [1.165, 1.54) is 0 Å². The van der Waals surface area contributed by atoms with Crippen molar-refractivity contribution < 1.29 is 39.4 Å². The number of carboxylic acid groups (broad SMARTS) is 2. The quantitative estimate of drug-likeness (QED) is 0.714. The van der Waals surface area contributed by atoms with Crippen molar-refractivity contribution in [2.75, 3.05) is 6.61 Å². The van der Waals surface area contributed by atoms with Gasteiger partial charge in [0, 0.05) is 19.6 Å². The first-order valence-corrected chi connectivity index (χ1v) is 6.45. The highest BCUT2D eigenvalue weighted by Crippen LogP contribution is 2.37. The Morgan fingerprint density at radius 3 is 2.73 bits per heavy atom. The molecule has 22 heavy (non-hydrogen) atoms. The Morgan fingerprint density at radius 2 is 2.23 bits per heavy atom. The van der Waals surface area contributed by atoms with Gasteiger partial charge in [0.25, 0.3) is 0 Å². The Hall–Kier alpha value is -2.45. The van der Waals surface area contributed by atoms with E-state index in [1.54, 1.807) is 0 Å². The van der Waals surface area contributed by atoms with Crippen molar-refractivity contribution in [3.8, 4) is 5.75 Å². The molecule has 8 nitrogen and oxygen atoms in total. The van der Waals surface area contributed by atoms with Crippen LogP contribution in [0.5, 0.6) is 5.75 Å². The molecule has 1 aromatic rings. The van der Waals surface area contributed by atoms with Crippen LogP contribution < -0.4 is 10.1 Å². The minimum absolute atomic E-state index is 0.249. The number of carbonyl (C=O) groups is 2. The number of ether oxygens (including phenoxy) is 2. The number of hydrogen-bond acceptors (Lipinski definition) is 6. The van der Waals surface area contributed by atoms with Crippen LogP contribution in [0.1, 0.15) is 30.0 Å². The highest BCUT2D eigenvalue weighted by atomic mass is 16.7. The highest BCUT2D eigenvalue weighted by Gasteiger charge is 2.30. The average Bonchev–Trinajstić information content (AvgIpc) is 2.86. The minimum Gasteiger partial charge on any atom is -0.545 e. The molecule has 0 saturated heterocycles.